The molecule has 1 aromatic heterocycles. The maximum absolute atomic E-state index is 9.16. The van der Waals surface area contributed by atoms with E-state index in [1.165, 1.54) is 4.70 Å². The minimum atomic E-state index is 0.0288. The normalized spacial score (nSPS) is 11.1. The number of aliphatic hydroxyl groups excluding tert-OH is 1. The van der Waals surface area contributed by atoms with Gasteiger partial charge in [-0.1, -0.05) is 0 Å². The van der Waals surface area contributed by atoms with Gasteiger partial charge in [0.05, 0.1) is 6.61 Å². The number of fused-ring (bicyclic) bond motifs is 1. The van der Waals surface area contributed by atoms with Crippen LogP contribution in [0.5, 0.6) is 0 Å². The Labute approximate surface area is 96.7 Å². The Balaban J connectivity index is 2.71. The molecule has 0 fully saturated rings. The first-order chi connectivity index (χ1) is 6.76. The van der Waals surface area contributed by atoms with Gasteiger partial charge in [-0.25, -0.2) is 0 Å². The van der Waals surface area contributed by atoms with Crippen molar-refractivity contribution >= 4 is 45.7 Å². The Bertz CT molecular complexity index is 464. The van der Waals surface area contributed by atoms with E-state index in [1.54, 1.807) is 11.3 Å². The zero-order valence-electron chi connectivity index (χ0n) is 7.33. The van der Waals surface area contributed by atoms with Crippen LogP contribution in [0, 0.1) is 0 Å². The molecule has 1 aromatic carbocycles. The summed E-state index contributed by atoms with van der Waals surface area (Å²) in [4.78, 5) is 0.959. The molecule has 0 bridgehead atoms. The van der Waals surface area contributed by atoms with E-state index in [4.69, 9.17) is 16.7 Å². The molecule has 14 heavy (non-hydrogen) atoms. The minimum Gasteiger partial charge on any atom is -0.392 e. The second-order valence-corrected chi connectivity index (χ2v) is 4.69. The molecule has 4 heteroatoms. The monoisotopic (exact) mass is 244 g/mol. The van der Waals surface area contributed by atoms with Crippen LogP contribution in [-0.4, -0.2) is 5.11 Å². The van der Waals surface area contributed by atoms with Crippen molar-refractivity contribution < 1.29 is 5.11 Å². The molecule has 0 radical (unpaired) electrons. The molecule has 0 atom stereocenters. The van der Waals surface area contributed by atoms with Gasteiger partial charge in [-0.2, -0.15) is 0 Å². The van der Waals surface area contributed by atoms with Crippen LogP contribution in [0.25, 0.3) is 10.1 Å². The summed E-state index contributed by atoms with van der Waals surface area (Å²) in [7, 11) is 0. The van der Waals surface area contributed by atoms with E-state index < -0.39 is 0 Å². The van der Waals surface area contributed by atoms with E-state index >= 15 is 0 Å². The first-order valence-electron chi connectivity index (χ1n) is 4.15. The van der Waals surface area contributed by atoms with Gasteiger partial charge in [0.1, 0.15) is 0 Å². The van der Waals surface area contributed by atoms with Gasteiger partial charge in [0, 0.05) is 26.2 Å². The quantitative estimate of drug-likeness (QED) is 0.613. The molecule has 0 amide bonds. The molecule has 0 unspecified atom stereocenters. The Kier molecular flexibility index (Phi) is 3.02. The van der Waals surface area contributed by atoms with Crippen LogP contribution < -0.4 is 0 Å². The molecule has 2 aromatic rings. The second-order valence-electron chi connectivity index (χ2n) is 3.03. The van der Waals surface area contributed by atoms with E-state index in [9.17, 15) is 0 Å². The van der Waals surface area contributed by atoms with Crippen molar-refractivity contribution in [3.63, 3.8) is 0 Å². The molecule has 0 saturated carbocycles. The third-order valence-electron chi connectivity index (χ3n) is 2.19. The number of thiophene rings is 1. The Morgan fingerprint density at radius 1 is 1.36 bits per heavy atom. The van der Waals surface area contributed by atoms with Crippen molar-refractivity contribution in [3.05, 3.63) is 28.6 Å². The third kappa shape index (κ3) is 1.65. The van der Waals surface area contributed by atoms with Crippen LogP contribution in [-0.2, 0) is 12.5 Å². The zero-order valence-corrected chi connectivity index (χ0v) is 9.79. The van der Waals surface area contributed by atoms with Crippen LogP contribution in [0.2, 0.25) is 0 Å². The van der Waals surface area contributed by atoms with Crippen molar-refractivity contribution in [3.8, 4) is 0 Å². The Morgan fingerprint density at radius 2 is 2.14 bits per heavy atom. The number of thiol groups is 1. The molecular formula is C10H9ClOS2. The maximum Gasteiger partial charge on any atom is 0.0685 e. The summed E-state index contributed by atoms with van der Waals surface area (Å²) in [5.41, 5.74) is 1.89. The fourth-order valence-corrected chi connectivity index (χ4v) is 2.96. The van der Waals surface area contributed by atoms with Gasteiger partial charge in [-0.05, 0) is 23.3 Å². The fourth-order valence-electron chi connectivity index (χ4n) is 1.42. The molecule has 0 spiro atoms. The van der Waals surface area contributed by atoms with Gasteiger partial charge in [-0.3, -0.25) is 0 Å². The molecule has 0 saturated heterocycles. The van der Waals surface area contributed by atoms with Crippen molar-refractivity contribution in [2.24, 2.45) is 0 Å². The SMILES string of the molecule is OCc1cc2c(S)csc2cc1CCl. The first kappa shape index (κ1) is 10.3. The van der Waals surface area contributed by atoms with Gasteiger partial charge < -0.3 is 5.11 Å². The number of rotatable bonds is 2. The summed E-state index contributed by atoms with van der Waals surface area (Å²) < 4.78 is 1.17. The fraction of sp³-hybridized carbons (Fsp3) is 0.200. The van der Waals surface area contributed by atoms with E-state index in [1.807, 2.05) is 17.5 Å². The van der Waals surface area contributed by atoms with Gasteiger partial charge in [0.15, 0.2) is 0 Å². The highest BCUT2D eigenvalue weighted by Crippen LogP contribution is 2.31. The lowest BCUT2D eigenvalue weighted by atomic mass is 10.1. The van der Waals surface area contributed by atoms with Crippen molar-refractivity contribution in [1.82, 2.24) is 0 Å². The lowest BCUT2D eigenvalue weighted by Crippen LogP contribution is -1.90. The third-order valence-corrected chi connectivity index (χ3v) is 3.97. The van der Waals surface area contributed by atoms with E-state index in [-0.39, 0.29) is 6.61 Å². The maximum atomic E-state index is 9.16. The molecule has 1 nitrogen and oxygen atoms in total. The van der Waals surface area contributed by atoms with Gasteiger partial charge >= 0.3 is 0 Å². The number of hydrogen-bond acceptors (Lipinski definition) is 3. The smallest absolute Gasteiger partial charge is 0.0685 e. The summed E-state index contributed by atoms with van der Waals surface area (Å²) >= 11 is 11.8. The largest absolute Gasteiger partial charge is 0.392 e. The highest BCUT2D eigenvalue weighted by Gasteiger charge is 2.06. The Morgan fingerprint density at radius 3 is 2.79 bits per heavy atom. The van der Waals surface area contributed by atoms with Crippen LogP contribution in [0.15, 0.2) is 22.4 Å². The number of alkyl halides is 1. The lowest BCUT2D eigenvalue weighted by molar-refractivity contribution is 0.281. The lowest BCUT2D eigenvalue weighted by Gasteiger charge is -2.04. The number of aliphatic hydroxyl groups is 1. The summed E-state index contributed by atoms with van der Waals surface area (Å²) in [5.74, 6) is 0.436. The predicted octanol–water partition coefficient (Wildman–Crippen LogP) is 3.42. The second kappa shape index (κ2) is 4.11. The van der Waals surface area contributed by atoms with Gasteiger partial charge in [0.2, 0.25) is 0 Å². The van der Waals surface area contributed by atoms with Crippen LogP contribution in [0.4, 0.5) is 0 Å². The molecule has 1 heterocycles. The van der Waals surface area contributed by atoms with Crippen LogP contribution in [0.3, 0.4) is 0 Å². The minimum absolute atomic E-state index is 0.0288. The Hall–Kier alpha value is -0.220. The van der Waals surface area contributed by atoms with E-state index in [0.717, 1.165) is 21.4 Å². The summed E-state index contributed by atoms with van der Waals surface area (Å²) in [6, 6.07) is 3.99. The standard InChI is InChI=1S/C10H9ClOS2/c11-3-6-2-10-8(1-7(6)4-12)9(13)5-14-10/h1-2,5,12-13H,3-4H2. The number of halogens is 1. The van der Waals surface area contributed by atoms with Gasteiger partial charge in [-0.15, -0.1) is 35.6 Å². The average molecular weight is 245 g/mol. The van der Waals surface area contributed by atoms with E-state index in [2.05, 4.69) is 12.6 Å². The van der Waals surface area contributed by atoms with Crippen molar-refractivity contribution in [2.75, 3.05) is 0 Å². The van der Waals surface area contributed by atoms with E-state index in [0.29, 0.717) is 5.88 Å². The molecule has 0 aliphatic carbocycles. The van der Waals surface area contributed by atoms with Crippen molar-refractivity contribution in [2.45, 2.75) is 17.4 Å². The summed E-state index contributed by atoms with van der Waals surface area (Å²) in [6.45, 7) is 0.0288. The molecular weight excluding hydrogens is 236 g/mol. The highest BCUT2D eigenvalue weighted by atomic mass is 35.5. The molecule has 74 valence electrons. The van der Waals surface area contributed by atoms with Crippen molar-refractivity contribution in [1.29, 1.82) is 0 Å². The molecule has 2 rings (SSSR count). The summed E-state index contributed by atoms with van der Waals surface area (Å²) in [5, 5.41) is 12.2. The summed E-state index contributed by atoms with van der Waals surface area (Å²) in [6.07, 6.45) is 0. The average Bonchev–Trinajstić information content (AvgIpc) is 2.58. The molecule has 0 aliphatic heterocycles. The van der Waals surface area contributed by atoms with Crippen LogP contribution in [0.1, 0.15) is 11.1 Å². The predicted molar refractivity (Wildman–Crippen MR) is 64.6 cm³/mol. The number of hydrogen-bond donors (Lipinski definition) is 2. The molecule has 0 aliphatic rings. The molecule has 1 N–H and O–H groups in total. The number of benzene rings is 1. The highest BCUT2D eigenvalue weighted by molar-refractivity contribution is 7.80. The van der Waals surface area contributed by atoms with Gasteiger partial charge in [0.25, 0.3) is 0 Å². The zero-order chi connectivity index (χ0) is 10.1. The topological polar surface area (TPSA) is 20.2 Å². The first-order valence-corrected chi connectivity index (χ1v) is 6.01. The van der Waals surface area contributed by atoms with Crippen LogP contribution >= 0.6 is 35.6 Å².